The van der Waals surface area contributed by atoms with Crippen molar-refractivity contribution in [1.82, 2.24) is 10.6 Å². The van der Waals surface area contributed by atoms with Gasteiger partial charge in [0.25, 0.3) is 5.91 Å². The van der Waals surface area contributed by atoms with Crippen LogP contribution in [0.3, 0.4) is 0 Å². The molecular formula is C19H26N2O4. The lowest BCUT2D eigenvalue weighted by Crippen LogP contribution is -2.48. The molecule has 25 heavy (non-hydrogen) atoms. The molecule has 1 aliphatic carbocycles. The van der Waals surface area contributed by atoms with Gasteiger partial charge < -0.3 is 10.1 Å². The summed E-state index contributed by atoms with van der Waals surface area (Å²) >= 11 is 0. The number of nitrogens with one attached hydrogen (secondary N) is 2. The number of hydrogen-bond donors (Lipinski definition) is 2. The fourth-order valence-electron chi connectivity index (χ4n) is 2.98. The molecule has 1 aliphatic rings. The van der Waals surface area contributed by atoms with Crippen molar-refractivity contribution in [2.24, 2.45) is 5.92 Å². The summed E-state index contributed by atoms with van der Waals surface area (Å²) < 4.78 is 4.97. The summed E-state index contributed by atoms with van der Waals surface area (Å²) in [5, 5.41) is 5.03. The number of imide groups is 1. The average molecular weight is 346 g/mol. The van der Waals surface area contributed by atoms with Crippen LogP contribution < -0.4 is 10.6 Å². The number of esters is 1. The van der Waals surface area contributed by atoms with Gasteiger partial charge in [-0.05, 0) is 55.9 Å². The molecule has 0 bridgehead atoms. The van der Waals surface area contributed by atoms with Crippen LogP contribution in [0.15, 0.2) is 18.2 Å². The summed E-state index contributed by atoms with van der Waals surface area (Å²) in [5.41, 5.74) is 2.43. The van der Waals surface area contributed by atoms with E-state index in [1.165, 1.54) is 6.42 Å². The van der Waals surface area contributed by atoms with E-state index < -0.39 is 24.5 Å². The predicted molar refractivity (Wildman–Crippen MR) is 94.3 cm³/mol. The molecule has 6 nitrogen and oxygen atoms in total. The van der Waals surface area contributed by atoms with Crippen LogP contribution >= 0.6 is 0 Å². The third-order valence-corrected chi connectivity index (χ3v) is 4.76. The molecule has 0 saturated heterocycles. The SMILES string of the molecule is Cc1ccc(C(=O)OCC(=O)NC(=O)N[C@H]2CCCC[C@@H]2C)cc1C. The molecule has 0 aliphatic heterocycles. The maximum absolute atomic E-state index is 12.0. The van der Waals surface area contributed by atoms with Crippen LogP contribution in [-0.2, 0) is 9.53 Å². The first-order chi connectivity index (χ1) is 11.9. The fraction of sp³-hybridized carbons (Fsp3) is 0.526. The van der Waals surface area contributed by atoms with Crippen LogP contribution in [0.4, 0.5) is 4.79 Å². The molecule has 6 heteroatoms. The quantitative estimate of drug-likeness (QED) is 0.821. The standard InChI is InChI=1S/C19H26N2O4/c1-12-8-9-15(10-14(12)3)18(23)25-11-17(22)21-19(24)20-16-7-5-4-6-13(16)2/h8-10,13,16H,4-7,11H2,1-3H3,(H2,20,21,22,24)/t13-,16-/m0/s1. The molecule has 1 aromatic rings. The zero-order chi connectivity index (χ0) is 18.4. The fourth-order valence-corrected chi connectivity index (χ4v) is 2.98. The van der Waals surface area contributed by atoms with Gasteiger partial charge in [-0.2, -0.15) is 0 Å². The summed E-state index contributed by atoms with van der Waals surface area (Å²) in [6, 6.07) is 4.74. The minimum Gasteiger partial charge on any atom is -0.452 e. The summed E-state index contributed by atoms with van der Waals surface area (Å²) in [6.07, 6.45) is 4.25. The highest BCUT2D eigenvalue weighted by Crippen LogP contribution is 2.23. The van der Waals surface area contributed by atoms with Crippen LogP contribution in [0, 0.1) is 19.8 Å². The van der Waals surface area contributed by atoms with E-state index in [-0.39, 0.29) is 6.04 Å². The van der Waals surface area contributed by atoms with E-state index in [0.717, 1.165) is 30.4 Å². The van der Waals surface area contributed by atoms with Crippen molar-refractivity contribution >= 4 is 17.9 Å². The van der Waals surface area contributed by atoms with E-state index in [2.05, 4.69) is 17.6 Å². The van der Waals surface area contributed by atoms with Gasteiger partial charge in [0.15, 0.2) is 6.61 Å². The number of urea groups is 1. The first-order valence-electron chi connectivity index (χ1n) is 8.71. The first-order valence-corrected chi connectivity index (χ1v) is 8.71. The van der Waals surface area contributed by atoms with Crippen molar-refractivity contribution in [1.29, 1.82) is 0 Å². The molecular weight excluding hydrogens is 320 g/mol. The predicted octanol–water partition coefficient (Wildman–Crippen LogP) is 2.86. The molecule has 0 heterocycles. The highest BCUT2D eigenvalue weighted by molar-refractivity contribution is 5.97. The molecule has 2 N–H and O–H groups in total. The van der Waals surface area contributed by atoms with Gasteiger partial charge in [-0.3, -0.25) is 10.1 Å². The molecule has 2 atom stereocenters. The number of benzene rings is 1. The minimum absolute atomic E-state index is 0.0830. The second kappa shape index (κ2) is 8.65. The second-order valence-electron chi connectivity index (χ2n) is 6.77. The van der Waals surface area contributed by atoms with Gasteiger partial charge in [-0.25, -0.2) is 9.59 Å². The zero-order valence-electron chi connectivity index (χ0n) is 15.1. The van der Waals surface area contributed by atoms with Crippen molar-refractivity contribution in [3.63, 3.8) is 0 Å². The molecule has 0 unspecified atom stereocenters. The maximum atomic E-state index is 12.0. The summed E-state index contributed by atoms with van der Waals surface area (Å²) in [7, 11) is 0. The minimum atomic E-state index is -0.641. The van der Waals surface area contributed by atoms with E-state index in [1.807, 2.05) is 19.9 Å². The lowest BCUT2D eigenvalue weighted by Gasteiger charge is -2.29. The Labute approximate surface area is 148 Å². The third-order valence-electron chi connectivity index (χ3n) is 4.76. The highest BCUT2D eigenvalue weighted by atomic mass is 16.5. The molecule has 2 rings (SSSR count). The number of hydrogen-bond acceptors (Lipinski definition) is 4. The van der Waals surface area contributed by atoms with E-state index in [9.17, 15) is 14.4 Å². The van der Waals surface area contributed by atoms with Gasteiger partial charge in [0.2, 0.25) is 0 Å². The average Bonchev–Trinajstić information content (AvgIpc) is 2.57. The number of rotatable bonds is 4. The van der Waals surface area contributed by atoms with Crippen molar-refractivity contribution in [2.75, 3.05) is 6.61 Å². The van der Waals surface area contributed by atoms with E-state index in [1.54, 1.807) is 12.1 Å². The Bertz CT molecular complexity index is 657. The van der Waals surface area contributed by atoms with Gasteiger partial charge in [-0.1, -0.05) is 25.8 Å². The lowest BCUT2D eigenvalue weighted by molar-refractivity contribution is -0.123. The number of aryl methyl sites for hydroxylation is 2. The largest absolute Gasteiger partial charge is 0.452 e. The highest BCUT2D eigenvalue weighted by Gasteiger charge is 2.23. The van der Waals surface area contributed by atoms with Crippen LogP contribution in [-0.4, -0.2) is 30.6 Å². The van der Waals surface area contributed by atoms with E-state index >= 15 is 0 Å². The summed E-state index contributed by atoms with van der Waals surface area (Å²) in [4.78, 5) is 35.6. The van der Waals surface area contributed by atoms with Gasteiger partial charge in [0, 0.05) is 6.04 Å². The topological polar surface area (TPSA) is 84.5 Å². The van der Waals surface area contributed by atoms with Crippen LogP contribution in [0.25, 0.3) is 0 Å². The molecule has 136 valence electrons. The monoisotopic (exact) mass is 346 g/mol. The molecule has 1 aromatic carbocycles. The number of carbonyl (C=O) groups is 3. The number of carbonyl (C=O) groups excluding carboxylic acids is 3. The molecule has 1 fully saturated rings. The van der Waals surface area contributed by atoms with Gasteiger partial charge >= 0.3 is 12.0 Å². The van der Waals surface area contributed by atoms with Gasteiger partial charge in [-0.15, -0.1) is 0 Å². The molecule has 3 amide bonds. The van der Waals surface area contributed by atoms with Crippen molar-refractivity contribution in [3.8, 4) is 0 Å². The van der Waals surface area contributed by atoms with Crippen molar-refractivity contribution in [3.05, 3.63) is 34.9 Å². The lowest BCUT2D eigenvalue weighted by atomic mass is 9.86. The molecule has 1 saturated carbocycles. The van der Waals surface area contributed by atoms with Gasteiger partial charge in [0.1, 0.15) is 0 Å². The number of amides is 3. The van der Waals surface area contributed by atoms with Crippen LogP contribution in [0.2, 0.25) is 0 Å². The smallest absolute Gasteiger partial charge is 0.338 e. The molecule has 0 spiro atoms. The van der Waals surface area contributed by atoms with Crippen molar-refractivity contribution in [2.45, 2.75) is 52.5 Å². The van der Waals surface area contributed by atoms with E-state index in [0.29, 0.717) is 11.5 Å². The Morgan fingerprint density at radius 2 is 1.84 bits per heavy atom. The summed E-state index contributed by atoms with van der Waals surface area (Å²) in [5.74, 6) is -0.824. The van der Waals surface area contributed by atoms with Crippen LogP contribution in [0.5, 0.6) is 0 Å². The normalized spacial score (nSPS) is 19.8. The summed E-state index contributed by atoms with van der Waals surface area (Å²) in [6.45, 7) is 5.45. The van der Waals surface area contributed by atoms with E-state index in [4.69, 9.17) is 4.74 Å². The molecule has 0 radical (unpaired) electrons. The Kier molecular flexibility index (Phi) is 6.56. The Hall–Kier alpha value is -2.37. The molecule has 0 aromatic heterocycles. The third kappa shape index (κ3) is 5.59. The van der Waals surface area contributed by atoms with Crippen molar-refractivity contribution < 1.29 is 19.1 Å². The maximum Gasteiger partial charge on any atom is 0.338 e. The first kappa shape index (κ1) is 19.0. The zero-order valence-corrected chi connectivity index (χ0v) is 15.1. The number of ether oxygens (including phenoxy) is 1. The Morgan fingerprint density at radius 3 is 2.52 bits per heavy atom. The second-order valence-corrected chi connectivity index (χ2v) is 6.77. The van der Waals surface area contributed by atoms with Crippen LogP contribution in [0.1, 0.15) is 54.1 Å². The Morgan fingerprint density at radius 1 is 1.12 bits per heavy atom. The Balaban J connectivity index is 1.76. The van der Waals surface area contributed by atoms with Gasteiger partial charge in [0.05, 0.1) is 5.56 Å².